The van der Waals surface area contributed by atoms with Crippen LogP contribution in [0.2, 0.25) is 0 Å². The van der Waals surface area contributed by atoms with Gasteiger partial charge in [0.1, 0.15) is 0 Å². The van der Waals surface area contributed by atoms with Gasteiger partial charge in [-0.05, 0) is 43.2 Å². The molecule has 0 spiro atoms. The van der Waals surface area contributed by atoms with Crippen LogP contribution in [0.25, 0.3) is 5.82 Å². The number of hydrogen-bond acceptors (Lipinski definition) is 6. The summed E-state index contributed by atoms with van der Waals surface area (Å²) in [5.41, 5.74) is 6.14. The number of benzene rings is 1. The highest BCUT2D eigenvalue weighted by Gasteiger charge is 2.26. The maximum absolute atomic E-state index is 12.6. The van der Waals surface area contributed by atoms with Crippen molar-refractivity contribution in [3.05, 3.63) is 60.4 Å². The number of anilines is 2. The molecule has 1 aliphatic heterocycles. The number of carbonyl (C=O) groups is 2. The Hall–Kier alpha value is -3.75. The molecule has 9 heteroatoms. The van der Waals surface area contributed by atoms with E-state index < -0.39 is 5.91 Å². The topological polar surface area (TPSA) is 119 Å². The van der Waals surface area contributed by atoms with Gasteiger partial charge in [0.15, 0.2) is 11.6 Å². The number of nitrogens with zero attached hydrogens (tertiary/aromatic N) is 5. The molecular weight excluding hydrogens is 370 g/mol. The summed E-state index contributed by atoms with van der Waals surface area (Å²) in [7, 11) is 0. The fraction of sp³-hybridized carbons (Fsp3) is 0.250. The van der Waals surface area contributed by atoms with Crippen LogP contribution in [0.15, 0.2) is 54.9 Å². The number of aromatic nitrogens is 4. The highest BCUT2D eigenvalue weighted by Crippen LogP contribution is 2.24. The first-order valence-electron chi connectivity index (χ1n) is 9.40. The van der Waals surface area contributed by atoms with Crippen molar-refractivity contribution in [1.82, 2.24) is 20.0 Å². The zero-order valence-electron chi connectivity index (χ0n) is 15.7. The van der Waals surface area contributed by atoms with Crippen LogP contribution in [0, 0.1) is 5.92 Å². The van der Waals surface area contributed by atoms with E-state index in [1.165, 1.54) is 0 Å². The van der Waals surface area contributed by atoms with E-state index in [-0.39, 0.29) is 11.8 Å². The lowest BCUT2D eigenvalue weighted by molar-refractivity contribution is -0.120. The highest BCUT2D eigenvalue weighted by molar-refractivity contribution is 6.03. The van der Waals surface area contributed by atoms with Gasteiger partial charge in [-0.2, -0.15) is 5.10 Å². The molecule has 1 fully saturated rings. The number of amides is 2. The molecule has 2 amide bonds. The summed E-state index contributed by atoms with van der Waals surface area (Å²) in [6.07, 6.45) is 4.87. The molecule has 29 heavy (non-hydrogen) atoms. The van der Waals surface area contributed by atoms with Crippen molar-refractivity contribution in [2.24, 2.45) is 11.7 Å². The van der Waals surface area contributed by atoms with Crippen LogP contribution < -0.4 is 16.0 Å². The number of nitrogens with two attached hydrogens (primary N) is 1. The molecule has 3 heterocycles. The van der Waals surface area contributed by atoms with Crippen molar-refractivity contribution in [3.63, 3.8) is 0 Å². The second-order valence-electron chi connectivity index (χ2n) is 6.86. The van der Waals surface area contributed by atoms with E-state index in [4.69, 9.17) is 5.73 Å². The quantitative estimate of drug-likeness (QED) is 0.682. The smallest absolute Gasteiger partial charge is 0.250 e. The summed E-state index contributed by atoms with van der Waals surface area (Å²) < 4.78 is 1.65. The van der Waals surface area contributed by atoms with Gasteiger partial charge >= 0.3 is 0 Å². The largest absolute Gasteiger partial charge is 0.366 e. The molecule has 0 saturated carbocycles. The number of primary amides is 1. The molecule has 3 aromatic rings. The zero-order valence-corrected chi connectivity index (χ0v) is 15.7. The Morgan fingerprint density at radius 1 is 1.00 bits per heavy atom. The number of piperidine rings is 1. The van der Waals surface area contributed by atoms with Crippen molar-refractivity contribution in [1.29, 1.82) is 0 Å². The molecule has 1 saturated heterocycles. The van der Waals surface area contributed by atoms with E-state index in [0.717, 1.165) is 5.82 Å². The molecule has 2 aromatic heterocycles. The van der Waals surface area contributed by atoms with Gasteiger partial charge in [0.05, 0.1) is 11.3 Å². The molecule has 3 N–H and O–H groups in total. The van der Waals surface area contributed by atoms with Gasteiger partial charge in [-0.1, -0.05) is 12.1 Å². The van der Waals surface area contributed by atoms with Crippen molar-refractivity contribution in [3.8, 4) is 5.82 Å². The third-order valence-corrected chi connectivity index (χ3v) is 5.02. The van der Waals surface area contributed by atoms with Crippen molar-refractivity contribution in [2.45, 2.75) is 12.8 Å². The Labute approximate surface area is 167 Å². The van der Waals surface area contributed by atoms with Gasteiger partial charge < -0.3 is 16.0 Å². The molecular formula is C20H21N7O2. The van der Waals surface area contributed by atoms with Gasteiger partial charge in [0.2, 0.25) is 5.91 Å². The summed E-state index contributed by atoms with van der Waals surface area (Å²) in [6.45, 7) is 1.40. The predicted octanol–water partition coefficient (Wildman–Crippen LogP) is 1.62. The highest BCUT2D eigenvalue weighted by atomic mass is 16.2. The van der Waals surface area contributed by atoms with Gasteiger partial charge in [-0.15, -0.1) is 10.2 Å². The third kappa shape index (κ3) is 4.08. The third-order valence-electron chi connectivity index (χ3n) is 5.02. The number of hydrogen-bond donors (Lipinski definition) is 2. The van der Waals surface area contributed by atoms with E-state index >= 15 is 0 Å². The van der Waals surface area contributed by atoms with E-state index in [9.17, 15) is 9.59 Å². The Bertz CT molecular complexity index is 994. The van der Waals surface area contributed by atoms with Gasteiger partial charge in [-0.3, -0.25) is 9.59 Å². The summed E-state index contributed by atoms with van der Waals surface area (Å²) in [4.78, 5) is 26.3. The molecule has 1 aromatic carbocycles. The molecule has 0 bridgehead atoms. The predicted molar refractivity (Wildman–Crippen MR) is 108 cm³/mol. The first-order chi connectivity index (χ1) is 14.1. The van der Waals surface area contributed by atoms with E-state index in [1.54, 1.807) is 35.1 Å². The molecule has 148 valence electrons. The van der Waals surface area contributed by atoms with Gasteiger partial charge in [0.25, 0.3) is 5.91 Å². The van der Waals surface area contributed by atoms with Gasteiger partial charge in [0, 0.05) is 31.4 Å². The van der Waals surface area contributed by atoms with Crippen LogP contribution in [-0.4, -0.2) is 44.9 Å². The van der Waals surface area contributed by atoms with Crippen LogP contribution in [0.4, 0.5) is 11.5 Å². The van der Waals surface area contributed by atoms with Crippen LogP contribution in [0.3, 0.4) is 0 Å². The molecule has 0 atom stereocenters. The molecule has 4 rings (SSSR count). The zero-order chi connectivity index (χ0) is 20.2. The van der Waals surface area contributed by atoms with E-state index in [0.29, 0.717) is 43.0 Å². The minimum absolute atomic E-state index is 0.0986. The van der Waals surface area contributed by atoms with Crippen LogP contribution in [0.1, 0.15) is 23.2 Å². The average Bonchev–Trinajstić information content (AvgIpc) is 3.29. The molecule has 0 aliphatic carbocycles. The minimum atomic E-state index is -0.562. The second kappa shape index (κ2) is 8.09. The maximum Gasteiger partial charge on any atom is 0.250 e. The maximum atomic E-state index is 12.6. The average molecular weight is 391 g/mol. The van der Waals surface area contributed by atoms with Gasteiger partial charge in [-0.25, -0.2) is 4.68 Å². The molecule has 9 nitrogen and oxygen atoms in total. The first-order valence-corrected chi connectivity index (χ1v) is 9.40. The Balaban J connectivity index is 1.36. The van der Waals surface area contributed by atoms with Crippen LogP contribution >= 0.6 is 0 Å². The normalized spacial score (nSPS) is 14.6. The summed E-state index contributed by atoms with van der Waals surface area (Å²) in [5, 5.41) is 15.5. The van der Waals surface area contributed by atoms with Crippen molar-refractivity contribution < 1.29 is 9.59 Å². The number of nitrogens with one attached hydrogen (secondary N) is 1. The fourth-order valence-corrected chi connectivity index (χ4v) is 3.43. The number of para-hydroxylation sites is 1. The molecule has 0 unspecified atom stereocenters. The Kier molecular flexibility index (Phi) is 5.19. The van der Waals surface area contributed by atoms with Crippen LogP contribution in [0.5, 0.6) is 0 Å². The summed E-state index contributed by atoms with van der Waals surface area (Å²) >= 11 is 0. The van der Waals surface area contributed by atoms with E-state index in [2.05, 4.69) is 25.5 Å². The first kappa shape index (κ1) is 18.6. The monoisotopic (exact) mass is 391 g/mol. The lowest BCUT2D eigenvalue weighted by atomic mass is 9.95. The number of carbonyl (C=O) groups excluding carboxylic acids is 2. The van der Waals surface area contributed by atoms with Crippen molar-refractivity contribution in [2.75, 3.05) is 23.3 Å². The van der Waals surface area contributed by atoms with Crippen LogP contribution in [-0.2, 0) is 4.79 Å². The minimum Gasteiger partial charge on any atom is -0.366 e. The van der Waals surface area contributed by atoms with E-state index in [1.807, 2.05) is 24.4 Å². The molecule has 1 aliphatic rings. The fourth-order valence-electron chi connectivity index (χ4n) is 3.43. The Morgan fingerprint density at radius 2 is 1.72 bits per heavy atom. The summed E-state index contributed by atoms with van der Waals surface area (Å²) in [6, 6.07) is 12.4. The standard InChI is InChI=1S/C20H21N7O2/c21-19(28)15-4-1-2-5-16(15)23-20(29)14-8-12-26(13-9-14)17-6-7-18(25-24-17)27-11-3-10-22-27/h1-7,10-11,14H,8-9,12-13H2,(H2,21,28)(H,23,29). The Morgan fingerprint density at radius 3 is 2.38 bits per heavy atom. The lowest BCUT2D eigenvalue weighted by Crippen LogP contribution is -2.38. The number of rotatable bonds is 5. The SMILES string of the molecule is NC(=O)c1ccccc1NC(=O)C1CCN(c2ccc(-n3cccn3)nn2)CC1. The summed E-state index contributed by atoms with van der Waals surface area (Å²) in [5.74, 6) is 0.634. The molecule has 0 radical (unpaired) electrons. The lowest BCUT2D eigenvalue weighted by Gasteiger charge is -2.31. The van der Waals surface area contributed by atoms with Crippen molar-refractivity contribution >= 4 is 23.3 Å². The second-order valence-corrected chi connectivity index (χ2v) is 6.86.